The van der Waals surface area contributed by atoms with Crippen LogP contribution in [0.1, 0.15) is 17.0 Å². The summed E-state index contributed by atoms with van der Waals surface area (Å²) in [5, 5.41) is 20.3. The first-order valence-electron chi connectivity index (χ1n) is 5.79. The molecule has 3 rings (SSSR count). The van der Waals surface area contributed by atoms with Gasteiger partial charge < -0.3 is 10.2 Å². The van der Waals surface area contributed by atoms with Gasteiger partial charge in [-0.1, -0.05) is 36.4 Å². The van der Waals surface area contributed by atoms with Gasteiger partial charge in [0.15, 0.2) is 0 Å². The standard InChI is InChI=1S/C15H10O4/c16-14(17)11-7-9-5-1-3-8-4-2-6-10(12(8)9)13(11)15(18)19/h1-7,13H,(H,16,17)(H,18,19). The molecule has 1 aliphatic carbocycles. The first-order chi connectivity index (χ1) is 9.09. The lowest BCUT2D eigenvalue weighted by atomic mass is 9.81. The van der Waals surface area contributed by atoms with Crippen LogP contribution in [-0.4, -0.2) is 22.2 Å². The van der Waals surface area contributed by atoms with Crippen LogP contribution in [0.4, 0.5) is 0 Å². The van der Waals surface area contributed by atoms with E-state index in [1.165, 1.54) is 6.08 Å². The highest BCUT2D eigenvalue weighted by Gasteiger charge is 2.33. The van der Waals surface area contributed by atoms with E-state index in [-0.39, 0.29) is 5.57 Å². The summed E-state index contributed by atoms with van der Waals surface area (Å²) < 4.78 is 0. The highest BCUT2D eigenvalue weighted by molar-refractivity contribution is 6.09. The van der Waals surface area contributed by atoms with Gasteiger partial charge in [-0.3, -0.25) is 4.79 Å². The van der Waals surface area contributed by atoms with Crippen LogP contribution in [0.25, 0.3) is 16.8 Å². The second-order valence-electron chi connectivity index (χ2n) is 4.47. The molecular weight excluding hydrogens is 244 g/mol. The average Bonchev–Trinajstić information content (AvgIpc) is 2.38. The SMILES string of the molecule is O=C(O)C1=Cc2cccc3cccc(c23)C1C(=O)O. The molecule has 2 aromatic carbocycles. The van der Waals surface area contributed by atoms with Gasteiger partial charge in [0, 0.05) is 0 Å². The molecule has 94 valence electrons. The molecule has 4 nitrogen and oxygen atoms in total. The first kappa shape index (κ1) is 11.5. The van der Waals surface area contributed by atoms with Crippen LogP contribution in [0.5, 0.6) is 0 Å². The van der Waals surface area contributed by atoms with Crippen molar-refractivity contribution in [1.29, 1.82) is 0 Å². The van der Waals surface area contributed by atoms with Crippen molar-refractivity contribution in [3.63, 3.8) is 0 Å². The van der Waals surface area contributed by atoms with E-state index >= 15 is 0 Å². The molecule has 0 saturated heterocycles. The Bertz CT molecular complexity index is 738. The quantitative estimate of drug-likeness (QED) is 0.863. The van der Waals surface area contributed by atoms with Crippen LogP contribution >= 0.6 is 0 Å². The molecule has 0 bridgehead atoms. The third-order valence-corrected chi connectivity index (χ3v) is 3.40. The van der Waals surface area contributed by atoms with Crippen LogP contribution in [0.15, 0.2) is 42.0 Å². The Labute approximate surface area is 108 Å². The molecule has 0 aromatic heterocycles. The molecule has 0 fully saturated rings. The zero-order valence-corrected chi connectivity index (χ0v) is 9.83. The van der Waals surface area contributed by atoms with E-state index in [1.807, 2.05) is 18.2 Å². The number of benzene rings is 2. The Morgan fingerprint density at radius 3 is 2.32 bits per heavy atom. The molecule has 0 saturated carbocycles. The van der Waals surface area contributed by atoms with Crippen molar-refractivity contribution in [3.05, 3.63) is 53.1 Å². The number of hydrogen-bond donors (Lipinski definition) is 2. The molecule has 0 spiro atoms. The molecule has 0 radical (unpaired) electrons. The van der Waals surface area contributed by atoms with E-state index in [4.69, 9.17) is 0 Å². The number of carboxylic acids is 2. The molecule has 2 N–H and O–H groups in total. The van der Waals surface area contributed by atoms with Crippen LogP contribution in [-0.2, 0) is 9.59 Å². The topological polar surface area (TPSA) is 74.6 Å². The van der Waals surface area contributed by atoms with Crippen molar-refractivity contribution >= 4 is 28.8 Å². The lowest BCUT2D eigenvalue weighted by Crippen LogP contribution is -2.21. The molecule has 4 heteroatoms. The summed E-state index contributed by atoms with van der Waals surface area (Å²) in [6, 6.07) is 10.8. The van der Waals surface area contributed by atoms with Crippen molar-refractivity contribution in [1.82, 2.24) is 0 Å². The maximum atomic E-state index is 11.4. The zero-order valence-electron chi connectivity index (χ0n) is 9.83. The Kier molecular flexibility index (Phi) is 2.38. The van der Waals surface area contributed by atoms with E-state index in [2.05, 4.69) is 0 Å². The van der Waals surface area contributed by atoms with Gasteiger partial charge in [0.1, 0.15) is 5.92 Å². The monoisotopic (exact) mass is 254 g/mol. The molecule has 0 heterocycles. The number of hydrogen-bond acceptors (Lipinski definition) is 2. The van der Waals surface area contributed by atoms with Gasteiger partial charge in [-0.25, -0.2) is 4.79 Å². The number of carbonyl (C=O) groups is 2. The second kappa shape index (κ2) is 3.95. The number of aliphatic carboxylic acids is 2. The van der Waals surface area contributed by atoms with Gasteiger partial charge in [-0.15, -0.1) is 0 Å². The minimum atomic E-state index is -1.20. The Balaban J connectivity index is 2.41. The van der Waals surface area contributed by atoms with Crippen LogP contribution < -0.4 is 0 Å². The highest BCUT2D eigenvalue weighted by atomic mass is 16.4. The summed E-state index contributed by atoms with van der Waals surface area (Å²) in [5.41, 5.74) is 1.20. The summed E-state index contributed by atoms with van der Waals surface area (Å²) in [6.07, 6.45) is 1.45. The fourth-order valence-electron chi connectivity index (χ4n) is 2.63. The maximum Gasteiger partial charge on any atom is 0.332 e. The van der Waals surface area contributed by atoms with Gasteiger partial charge in [-0.2, -0.15) is 0 Å². The largest absolute Gasteiger partial charge is 0.481 e. The summed E-state index contributed by atoms with van der Waals surface area (Å²) >= 11 is 0. The lowest BCUT2D eigenvalue weighted by Gasteiger charge is -2.22. The molecule has 1 unspecified atom stereocenters. The molecular formula is C15H10O4. The van der Waals surface area contributed by atoms with E-state index in [9.17, 15) is 19.8 Å². The van der Waals surface area contributed by atoms with E-state index in [0.29, 0.717) is 5.56 Å². The molecule has 0 amide bonds. The van der Waals surface area contributed by atoms with Crippen molar-refractivity contribution in [2.45, 2.75) is 5.92 Å². The van der Waals surface area contributed by atoms with Gasteiger partial charge >= 0.3 is 11.9 Å². The summed E-state index contributed by atoms with van der Waals surface area (Å²) in [4.78, 5) is 22.7. The van der Waals surface area contributed by atoms with Crippen LogP contribution in [0.2, 0.25) is 0 Å². The Morgan fingerprint density at radius 2 is 1.68 bits per heavy atom. The summed E-state index contributed by atoms with van der Waals surface area (Å²) in [5.74, 6) is -3.45. The van der Waals surface area contributed by atoms with Gasteiger partial charge in [-0.05, 0) is 28.0 Å². The fraction of sp³-hybridized carbons (Fsp3) is 0.0667. The first-order valence-corrected chi connectivity index (χ1v) is 5.79. The normalized spacial score (nSPS) is 17.1. The van der Waals surface area contributed by atoms with E-state index in [1.54, 1.807) is 18.2 Å². The fourth-order valence-corrected chi connectivity index (χ4v) is 2.63. The van der Waals surface area contributed by atoms with E-state index in [0.717, 1.165) is 16.3 Å². The predicted octanol–water partition coefficient (Wildman–Crippen LogP) is 2.49. The summed E-state index contributed by atoms with van der Waals surface area (Å²) in [7, 11) is 0. The minimum absolute atomic E-state index is 0.0984. The molecule has 1 aliphatic rings. The lowest BCUT2D eigenvalue weighted by molar-refractivity contribution is -0.141. The van der Waals surface area contributed by atoms with Crippen molar-refractivity contribution < 1.29 is 19.8 Å². The van der Waals surface area contributed by atoms with Crippen LogP contribution in [0, 0.1) is 0 Å². The van der Waals surface area contributed by atoms with Gasteiger partial charge in [0.05, 0.1) is 5.57 Å². The highest BCUT2D eigenvalue weighted by Crippen LogP contribution is 2.38. The minimum Gasteiger partial charge on any atom is -0.481 e. The molecule has 1 atom stereocenters. The zero-order chi connectivity index (χ0) is 13.6. The maximum absolute atomic E-state index is 11.4. The second-order valence-corrected chi connectivity index (χ2v) is 4.47. The molecule has 0 aliphatic heterocycles. The van der Waals surface area contributed by atoms with Crippen molar-refractivity contribution in [2.75, 3.05) is 0 Å². The van der Waals surface area contributed by atoms with Crippen molar-refractivity contribution in [3.8, 4) is 0 Å². The average molecular weight is 254 g/mol. The summed E-state index contributed by atoms with van der Waals surface area (Å²) in [6.45, 7) is 0. The van der Waals surface area contributed by atoms with Gasteiger partial charge in [0.25, 0.3) is 0 Å². The molecule has 2 aromatic rings. The predicted molar refractivity (Wildman–Crippen MR) is 69.9 cm³/mol. The third-order valence-electron chi connectivity index (χ3n) is 3.40. The Hall–Kier alpha value is -2.62. The third kappa shape index (κ3) is 1.61. The number of carboxylic acid groups (broad SMARTS) is 2. The smallest absolute Gasteiger partial charge is 0.332 e. The van der Waals surface area contributed by atoms with E-state index < -0.39 is 17.9 Å². The van der Waals surface area contributed by atoms with Gasteiger partial charge in [0.2, 0.25) is 0 Å². The number of rotatable bonds is 2. The Morgan fingerprint density at radius 1 is 1.00 bits per heavy atom. The van der Waals surface area contributed by atoms with Crippen LogP contribution in [0.3, 0.4) is 0 Å². The van der Waals surface area contributed by atoms with Crippen molar-refractivity contribution in [2.24, 2.45) is 0 Å². The molecule has 19 heavy (non-hydrogen) atoms.